The Bertz CT molecular complexity index is 439. The van der Waals surface area contributed by atoms with Crippen molar-refractivity contribution in [2.24, 2.45) is 5.73 Å². The van der Waals surface area contributed by atoms with Crippen LogP contribution in [-0.4, -0.2) is 11.1 Å². The highest BCUT2D eigenvalue weighted by atomic mass is 32.1. The van der Waals surface area contributed by atoms with Crippen molar-refractivity contribution in [1.29, 1.82) is 0 Å². The van der Waals surface area contributed by atoms with Crippen molar-refractivity contribution in [3.63, 3.8) is 0 Å². The van der Waals surface area contributed by atoms with E-state index < -0.39 is 0 Å². The van der Waals surface area contributed by atoms with Gasteiger partial charge >= 0.3 is 0 Å². The number of ether oxygens (including phenoxy) is 1. The molecule has 0 unspecified atom stereocenters. The van der Waals surface area contributed by atoms with Gasteiger partial charge in [-0.15, -0.1) is 0 Å². The molecule has 2 nitrogen and oxygen atoms in total. The standard InChI is InChI=1S/C16H23NOS/c1-11-9-13(16(17)19)10-12(2)15(11)18-14-7-5-3-4-6-8-14/h9-10,14H,3-8H2,1-2H3,(H2,17,19). The van der Waals surface area contributed by atoms with Crippen LogP contribution in [0.15, 0.2) is 12.1 Å². The molecule has 0 aromatic heterocycles. The molecule has 1 aromatic carbocycles. The van der Waals surface area contributed by atoms with E-state index in [4.69, 9.17) is 22.7 Å². The van der Waals surface area contributed by atoms with Crippen LogP contribution in [0.1, 0.15) is 55.2 Å². The summed E-state index contributed by atoms with van der Waals surface area (Å²) in [7, 11) is 0. The van der Waals surface area contributed by atoms with E-state index in [1.54, 1.807) is 0 Å². The van der Waals surface area contributed by atoms with Gasteiger partial charge in [0.1, 0.15) is 10.7 Å². The zero-order valence-electron chi connectivity index (χ0n) is 11.9. The molecule has 104 valence electrons. The van der Waals surface area contributed by atoms with Gasteiger partial charge < -0.3 is 10.5 Å². The molecular formula is C16H23NOS. The van der Waals surface area contributed by atoms with E-state index in [0.717, 1.165) is 22.4 Å². The predicted octanol–water partition coefficient (Wildman–Crippen LogP) is 4.04. The molecule has 2 rings (SSSR count). The minimum absolute atomic E-state index is 0.371. The second-order valence-corrected chi connectivity index (χ2v) is 5.97. The zero-order valence-corrected chi connectivity index (χ0v) is 12.7. The van der Waals surface area contributed by atoms with Crippen LogP contribution in [0.4, 0.5) is 0 Å². The van der Waals surface area contributed by atoms with Crippen LogP contribution >= 0.6 is 12.2 Å². The lowest BCUT2D eigenvalue weighted by Crippen LogP contribution is -2.17. The van der Waals surface area contributed by atoms with Gasteiger partial charge in [0.25, 0.3) is 0 Å². The van der Waals surface area contributed by atoms with Crippen LogP contribution in [0.2, 0.25) is 0 Å². The number of rotatable bonds is 3. The maximum Gasteiger partial charge on any atom is 0.125 e. The topological polar surface area (TPSA) is 35.2 Å². The quantitative estimate of drug-likeness (QED) is 0.669. The number of nitrogens with two attached hydrogens (primary N) is 1. The summed E-state index contributed by atoms with van der Waals surface area (Å²) >= 11 is 5.04. The van der Waals surface area contributed by atoms with Crippen molar-refractivity contribution in [2.75, 3.05) is 0 Å². The fourth-order valence-electron chi connectivity index (χ4n) is 2.80. The average molecular weight is 277 g/mol. The normalized spacial score (nSPS) is 16.9. The number of hydrogen-bond acceptors (Lipinski definition) is 2. The van der Waals surface area contributed by atoms with Crippen molar-refractivity contribution in [2.45, 2.75) is 58.5 Å². The Labute approximate surface area is 121 Å². The van der Waals surface area contributed by atoms with E-state index in [1.807, 2.05) is 12.1 Å². The number of thiocarbonyl (C=S) groups is 1. The highest BCUT2D eigenvalue weighted by Crippen LogP contribution is 2.29. The third-order valence-corrected chi connectivity index (χ3v) is 4.07. The molecule has 0 bridgehead atoms. The monoisotopic (exact) mass is 277 g/mol. The summed E-state index contributed by atoms with van der Waals surface area (Å²) < 4.78 is 6.25. The zero-order chi connectivity index (χ0) is 13.8. The van der Waals surface area contributed by atoms with E-state index in [9.17, 15) is 0 Å². The van der Waals surface area contributed by atoms with E-state index in [-0.39, 0.29) is 0 Å². The Kier molecular flexibility index (Phi) is 4.81. The number of hydrogen-bond donors (Lipinski definition) is 1. The molecule has 1 fully saturated rings. The first-order valence-electron chi connectivity index (χ1n) is 7.15. The van der Waals surface area contributed by atoms with Crippen molar-refractivity contribution in [1.82, 2.24) is 0 Å². The minimum Gasteiger partial charge on any atom is -0.490 e. The number of benzene rings is 1. The second kappa shape index (κ2) is 6.38. The summed E-state index contributed by atoms with van der Waals surface area (Å²) in [4.78, 5) is 0.451. The maximum atomic E-state index is 6.25. The van der Waals surface area contributed by atoms with E-state index >= 15 is 0 Å². The van der Waals surface area contributed by atoms with Gasteiger partial charge in [0.05, 0.1) is 6.10 Å². The van der Waals surface area contributed by atoms with Gasteiger partial charge in [0.2, 0.25) is 0 Å². The smallest absolute Gasteiger partial charge is 0.125 e. The van der Waals surface area contributed by atoms with Crippen LogP contribution in [0, 0.1) is 13.8 Å². The van der Waals surface area contributed by atoms with Gasteiger partial charge in [0, 0.05) is 5.56 Å². The molecule has 3 heteroatoms. The van der Waals surface area contributed by atoms with Crippen molar-refractivity contribution < 1.29 is 4.74 Å². The first-order chi connectivity index (χ1) is 9.08. The molecule has 1 saturated carbocycles. The first-order valence-corrected chi connectivity index (χ1v) is 7.56. The highest BCUT2D eigenvalue weighted by molar-refractivity contribution is 7.80. The van der Waals surface area contributed by atoms with Crippen molar-refractivity contribution in [3.05, 3.63) is 28.8 Å². The van der Waals surface area contributed by atoms with Crippen molar-refractivity contribution >= 4 is 17.2 Å². The van der Waals surface area contributed by atoms with Gasteiger partial charge in [-0.1, -0.05) is 25.1 Å². The maximum absolute atomic E-state index is 6.25. The molecule has 1 aliphatic carbocycles. The summed E-state index contributed by atoms with van der Waals surface area (Å²) in [6, 6.07) is 4.06. The summed E-state index contributed by atoms with van der Waals surface area (Å²) in [6.07, 6.45) is 7.99. The van der Waals surface area contributed by atoms with E-state index in [0.29, 0.717) is 11.1 Å². The lowest BCUT2D eigenvalue weighted by molar-refractivity contribution is 0.181. The summed E-state index contributed by atoms with van der Waals surface area (Å²) in [5, 5.41) is 0. The first kappa shape index (κ1) is 14.3. The Balaban J connectivity index is 2.17. The Morgan fingerprint density at radius 1 is 1.11 bits per heavy atom. The Hall–Kier alpha value is -1.09. The van der Waals surface area contributed by atoms with E-state index in [2.05, 4.69) is 13.8 Å². The van der Waals surface area contributed by atoms with Gasteiger partial charge in [-0.2, -0.15) is 0 Å². The van der Waals surface area contributed by atoms with Crippen LogP contribution in [0.25, 0.3) is 0 Å². The third-order valence-electron chi connectivity index (χ3n) is 3.83. The Morgan fingerprint density at radius 3 is 2.11 bits per heavy atom. The molecule has 1 aromatic rings. The summed E-state index contributed by atoms with van der Waals surface area (Å²) in [5.74, 6) is 1.02. The summed E-state index contributed by atoms with van der Waals surface area (Å²) in [6.45, 7) is 4.14. The third kappa shape index (κ3) is 3.69. The fourth-order valence-corrected chi connectivity index (χ4v) is 2.92. The molecule has 0 heterocycles. The molecular weight excluding hydrogens is 254 g/mol. The molecule has 2 N–H and O–H groups in total. The highest BCUT2D eigenvalue weighted by Gasteiger charge is 2.16. The fraction of sp³-hybridized carbons (Fsp3) is 0.562. The van der Waals surface area contributed by atoms with Gasteiger partial charge in [0.15, 0.2) is 0 Å². The number of aryl methyl sites for hydroxylation is 2. The molecule has 0 radical (unpaired) electrons. The van der Waals surface area contributed by atoms with Crippen molar-refractivity contribution in [3.8, 4) is 5.75 Å². The molecule has 1 aliphatic rings. The SMILES string of the molecule is Cc1cc(C(N)=S)cc(C)c1OC1CCCCCC1. The largest absolute Gasteiger partial charge is 0.490 e. The summed E-state index contributed by atoms with van der Waals surface area (Å²) in [5.41, 5.74) is 8.89. The van der Waals surface area contributed by atoms with Crippen LogP contribution in [0.5, 0.6) is 5.75 Å². The predicted molar refractivity (Wildman–Crippen MR) is 83.9 cm³/mol. The second-order valence-electron chi connectivity index (χ2n) is 5.53. The van der Waals surface area contributed by atoms with Gasteiger partial charge in [-0.3, -0.25) is 0 Å². The van der Waals surface area contributed by atoms with Crippen LogP contribution < -0.4 is 10.5 Å². The van der Waals surface area contributed by atoms with Crippen LogP contribution in [0.3, 0.4) is 0 Å². The minimum atomic E-state index is 0.371. The lowest BCUT2D eigenvalue weighted by atomic mass is 10.0. The molecule has 0 amide bonds. The molecule has 19 heavy (non-hydrogen) atoms. The lowest BCUT2D eigenvalue weighted by Gasteiger charge is -2.21. The Morgan fingerprint density at radius 2 is 1.63 bits per heavy atom. The molecule has 0 spiro atoms. The average Bonchev–Trinajstić information content (AvgIpc) is 2.61. The van der Waals surface area contributed by atoms with Crippen LogP contribution in [-0.2, 0) is 0 Å². The molecule has 0 saturated heterocycles. The van der Waals surface area contributed by atoms with Gasteiger partial charge in [-0.25, -0.2) is 0 Å². The van der Waals surface area contributed by atoms with E-state index in [1.165, 1.54) is 38.5 Å². The van der Waals surface area contributed by atoms with Gasteiger partial charge in [-0.05, 0) is 62.8 Å². The molecule has 0 aliphatic heterocycles. The molecule has 0 atom stereocenters.